The maximum Gasteiger partial charge on any atom is 0.179 e. The van der Waals surface area contributed by atoms with E-state index in [-0.39, 0.29) is 12.0 Å². The quantitative estimate of drug-likeness (QED) is 0.889. The molecule has 0 atom stereocenters. The zero-order valence-corrected chi connectivity index (χ0v) is 12.2. The van der Waals surface area contributed by atoms with Crippen LogP contribution in [0.25, 0.3) is 0 Å². The normalized spacial score (nSPS) is 11.4. The number of ether oxygens (including phenoxy) is 2. The molecule has 0 fully saturated rings. The molecule has 0 radical (unpaired) electrons. The molecule has 0 saturated carbocycles. The SMILES string of the molecule is COc1cc(CO)cc(Cl)c1OCCC(C)(C)C. The second kappa shape index (κ2) is 6.30. The fourth-order valence-electron chi connectivity index (χ4n) is 1.46. The average Bonchev–Trinajstić information content (AvgIpc) is 2.29. The Kier molecular flexibility index (Phi) is 5.29. The summed E-state index contributed by atoms with van der Waals surface area (Å²) in [7, 11) is 1.56. The van der Waals surface area contributed by atoms with Crippen molar-refractivity contribution in [1.82, 2.24) is 0 Å². The van der Waals surface area contributed by atoms with Crippen molar-refractivity contribution in [3.05, 3.63) is 22.7 Å². The number of methoxy groups -OCH3 is 1. The summed E-state index contributed by atoms with van der Waals surface area (Å²) in [6.45, 7) is 6.98. The summed E-state index contributed by atoms with van der Waals surface area (Å²) >= 11 is 6.13. The van der Waals surface area contributed by atoms with Gasteiger partial charge < -0.3 is 14.6 Å². The van der Waals surface area contributed by atoms with Gasteiger partial charge in [-0.1, -0.05) is 32.4 Å². The molecule has 0 heterocycles. The van der Waals surface area contributed by atoms with Crippen LogP contribution in [-0.2, 0) is 6.61 Å². The van der Waals surface area contributed by atoms with Crippen molar-refractivity contribution in [3.8, 4) is 11.5 Å². The molecule has 0 spiro atoms. The van der Waals surface area contributed by atoms with Gasteiger partial charge in [-0.15, -0.1) is 0 Å². The van der Waals surface area contributed by atoms with Gasteiger partial charge in [0.05, 0.1) is 25.3 Å². The van der Waals surface area contributed by atoms with E-state index in [4.69, 9.17) is 26.2 Å². The fraction of sp³-hybridized carbons (Fsp3) is 0.571. The van der Waals surface area contributed by atoms with Crippen LogP contribution in [0.2, 0.25) is 5.02 Å². The van der Waals surface area contributed by atoms with Crippen LogP contribution in [0.1, 0.15) is 32.8 Å². The van der Waals surface area contributed by atoms with E-state index in [1.54, 1.807) is 19.2 Å². The first-order valence-electron chi connectivity index (χ1n) is 5.97. The number of rotatable bonds is 5. The fourth-order valence-corrected chi connectivity index (χ4v) is 1.75. The van der Waals surface area contributed by atoms with Crippen LogP contribution in [0.5, 0.6) is 11.5 Å². The Balaban J connectivity index is 2.81. The van der Waals surface area contributed by atoms with E-state index >= 15 is 0 Å². The van der Waals surface area contributed by atoms with Gasteiger partial charge in [0.15, 0.2) is 11.5 Å². The van der Waals surface area contributed by atoms with Gasteiger partial charge >= 0.3 is 0 Å². The van der Waals surface area contributed by atoms with E-state index in [9.17, 15) is 0 Å². The molecule has 1 aromatic carbocycles. The lowest BCUT2D eigenvalue weighted by Gasteiger charge is -2.19. The van der Waals surface area contributed by atoms with Crippen LogP contribution >= 0.6 is 11.6 Å². The van der Waals surface area contributed by atoms with Crippen LogP contribution < -0.4 is 9.47 Å². The van der Waals surface area contributed by atoms with Crippen molar-refractivity contribution in [1.29, 1.82) is 0 Å². The van der Waals surface area contributed by atoms with Gasteiger partial charge in [-0.05, 0) is 29.5 Å². The highest BCUT2D eigenvalue weighted by atomic mass is 35.5. The summed E-state index contributed by atoms with van der Waals surface area (Å²) in [6, 6.07) is 3.43. The van der Waals surface area contributed by atoms with E-state index in [0.717, 1.165) is 6.42 Å². The number of aliphatic hydroxyl groups is 1. The minimum Gasteiger partial charge on any atom is -0.493 e. The Morgan fingerprint density at radius 2 is 1.94 bits per heavy atom. The smallest absolute Gasteiger partial charge is 0.179 e. The molecular weight excluding hydrogens is 252 g/mol. The molecule has 0 unspecified atom stereocenters. The molecule has 0 aliphatic rings. The van der Waals surface area contributed by atoms with Crippen LogP contribution in [-0.4, -0.2) is 18.8 Å². The molecule has 0 saturated heterocycles. The molecule has 102 valence electrons. The highest BCUT2D eigenvalue weighted by molar-refractivity contribution is 6.32. The second-order valence-electron chi connectivity index (χ2n) is 5.43. The summed E-state index contributed by atoms with van der Waals surface area (Å²) in [6.07, 6.45) is 0.925. The molecule has 1 N–H and O–H groups in total. The number of halogens is 1. The molecule has 0 amide bonds. The van der Waals surface area contributed by atoms with Crippen molar-refractivity contribution in [2.45, 2.75) is 33.8 Å². The maximum atomic E-state index is 9.10. The summed E-state index contributed by atoms with van der Waals surface area (Å²) in [5.74, 6) is 1.10. The number of hydrogen-bond acceptors (Lipinski definition) is 3. The maximum absolute atomic E-state index is 9.10. The molecule has 3 nitrogen and oxygen atoms in total. The van der Waals surface area contributed by atoms with E-state index in [1.807, 2.05) is 0 Å². The zero-order valence-electron chi connectivity index (χ0n) is 11.4. The van der Waals surface area contributed by atoms with Crippen molar-refractivity contribution >= 4 is 11.6 Å². The monoisotopic (exact) mass is 272 g/mol. The molecule has 4 heteroatoms. The molecule has 0 aliphatic heterocycles. The Bertz CT molecular complexity index is 397. The first-order valence-corrected chi connectivity index (χ1v) is 6.35. The van der Waals surface area contributed by atoms with Crippen LogP contribution in [0.3, 0.4) is 0 Å². The molecular formula is C14H21ClO3. The molecule has 1 rings (SSSR count). The summed E-state index contributed by atoms with van der Waals surface area (Å²) in [5, 5.41) is 9.57. The Labute approximate surface area is 114 Å². The van der Waals surface area contributed by atoms with Crippen molar-refractivity contribution < 1.29 is 14.6 Å². The van der Waals surface area contributed by atoms with Crippen LogP contribution in [0, 0.1) is 5.41 Å². The predicted molar refractivity (Wildman–Crippen MR) is 73.5 cm³/mol. The van der Waals surface area contributed by atoms with Gasteiger partial charge in [-0.2, -0.15) is 0 Å². The van der Waals surface area contributed by atoms with Crippen molar-refractivity contribution in [2.24, 2.45) is 5.41 Å². The van der Waals surface area contributed by atoms with Crippen molar-refractivity contribution in [3.63, 3.8) is 0 Å². The lowest BCUT2D eigenvalue weighted by atomic mass is 9.93. The first-order chi connectivity index (χ1) is 8.37. The van der Waals surface area contributed by atoms with Crippen molar-refractivity contribution in [2.75, 3.05) is 13.7 Å². The minimum atomic E-state index is -0.0711. The lowest BCUT2D eigenvalue weighted by Crippen LogP contribution is -2.11. The summed E-state index contributed by atoms with van der Waals surface area (Å²) in [5.41, 5.74) is 0.921. The van der Waals surface area contributed by atoms with Gasteiger partial charge in [0, 0.05) is 0 Å². The molecule has 0 bridgehead atoms. The van der Waals surface area contributed by atoms with Gasteiger partial charge in [0.25, 0.3) is 0 Å². The van der Waals surface area contributed by atoms with Crippen LogP contribution in [0.15, 0.2) is 12.1 Å². The second-order valence-corrected chi connectivity index (χ2v) is 5.83. The van der Waals surface area contributed by atoms with E-state index in [0.29, 0.717) is 28.7 Å². The minimum absolute atomic E-state index is 0.0711. The number of hydrogen-bond donors (Lipinski definition) is 1. The van der Waals surface area contributed by atoms with Gasteiger partial charge in [0.2, 0.25) is 0 Å². The Morgan fingerprint density at radius 3 is 2.44 bits per heavy atom. The summed E-state index contributed by atoms with van der Waals surface area (Å²) in [4.78, 5) is 0. The van der Waals surface area contributed by atoms with Gasteiger partial charge in [-0.25, -0.2) is 0 Å². The Hall–Kier alpha value is -0.930. The van der Waals surface area contributed by atoms with Gasteiger partial charge in [-0.3, -0.25) is 0 Å². The number of aliphatic hydroxyl groups excluding tert-OH is 1. The lowest BCUT2D eigenvalue weighted by molar-refractivity contribution is 0.234. The number of benzene rings is 1. The van der Waals surface area contributed by atoms with Gasteiger partial charge in [0.1, 0.15) is 0 Å². The first kappa shape index (κ1) is 15.1. The molecule has 18 heavy (non-hydrogen) atoms. The summed E-state index contributed by atoms with van der Waals surface area (Å²) < 4.78 is 10.9. The topological polar surface area (TPSA) is 38.7 Å². The highest BCUT2D eigenvalue weighted by Gasteiger charge is 2.14. The molecule has 0 aromatic heterocycles. The highest BCUT2D eigenvalue weighted by Crippen LogP contribution is 2.37. The third-order valence-electron chi connectivity index (χ3n) is 2.57. The Morgan fingerprint density at radius 1 is 1.28 bits per heavy atom. The van der Waals surface area contributed by atoms with E-state index in [1.165, 1.54) is 0 Å². The standard InChI is InChI=1S/C14H21ClO3/c1-14(2,3)5-6-18-13-11(15)7-10(9-16)8-12(13)17-4/h7-8,16H,5-6,9H2,1-4H3. The third-order valence-corrected chi connectivity index (χ3v) is 2.85. The largest absolute Gasteiger partial charge is 0.493 e. The van der Waals surface area contributed by atoms with E-state index in [2.05, 4.69) is 20.8 Å². The zero-order chi connectivity index (χ0) is 13.8. The van der Waals surface area contributed by atoms with Crippen LogP contribution in [0.4, 0.5) is 0 Å². The molecule has 0 aliphatic carbocycles. The predicted octanol–water partition coefficient (Wildman–Crippen LogP) is 3.66. The third kappa shape index (κ3) is 4.39. The van der Waals surface area contributed by atoms with E-state index < -0.39 is 0 Å². The average molecular weight is 273 g/mol. The molecule has 1 aromatic rings.